The average molecular weight is 754 g/mol. The molecule has 0 bridgehead atoms. The van der Waals surface area contributed by atoms with Crippen LogP contribution in [0.3, 0.4) is 0 Å². The molecule has 0 amide bonds. The largest absolute Gasteiger partial charge is 2.00 e. The van der Waals surface area contributed by atoms with Gasteiger partial charge in [0.2, 0.25) is 11.5 Å². The summed E-state index contributed by atoms with van der Waals surface area (Å²) in [7, 11) is 0. The molecule has 7 heteroatoms. The third-order valence-electron chi connectivity index (χ3n) is 6.90. The van der Waals surface area contributed by atoms with Crippen LogP contribution in [0.2, 0.25) is 0 Å². The third-order valence-corrected chi connectivity index (χ3v) is 6.90. The molecule has 6 nitrogen and oxygen atoms in total. The third kappa shape index (κ3) is 21.0. The number of para-hydroxylation sites is 2. The first-order chi connectivity index (χ1) is 23.4. The van der Waals surface area contributed by atoms with Crippen molar-refractivity contribution < 1.29 is 55.4 Å². The first kappa shape index (κ1) is 46.1. The van der Waals surface area contributed by atoms with Gasteiger partial charge in [0.15, 0.2) is 23.0 Å². The van der Waals surface area contributed by atoms with E-state index in [2.05, 4.69) is 50.3 Å². The van der Waals surface area contributed by atoms with Crippen LogP contribution in [-0.2, 0) is 26.2 Å². The quantitative estimate of drug-likeness (QED) is 0.148. The molecule has 2 aromatic carbocycles. The molecule has 2 N–H and O–H groups in total. The second-order valence-corrected chi connectivity index (χ2v) is 11.4. The molecule has 0 radical (unpaired) electrons. The maximum Gasteiger partial charge on any atom is 2.00 e. The van der Waals surface area contributed by atoms with E-state index in [-0.39, 0.29) is 37.7 Å². The number of ether oxygens (including phenoxy) is 4. The van der Waals surface area contributed by atoms with E-state index in [0.717, 1.165) is 38.5 Å². The Hall–Kier alpha value is -2.92. The van der Waals surface area contributed by atoms with Crippen LogP contribution in [-0.4, -0.2) is 36.6 Å². The standard InChI is InChI=1S/2C12H18O3.2C9H13.Zr/c2*1-3-8-14-10-6-5-7-11(12(10)13)15-9-4-2;2*1-2-3-6-9-7-4-5-8-9;/h2*5-7,13H,3-4,8-9H2,1-2H3;2*4,7H,2-3,5-6H2,1H3;/q;;2*-1;+2. The SMILES string of the molecule is CCCCC1=[C-]CC=C1.CCCCC1=[C-]CC=C1.CCCOc1cccc(OCCC)c1O.CCCOc1cccc(OCCC)c1O.[Zr+2]. The molecule has 0 saturated carbocycles. The first-order valence-electron chi connectivity index (χ1n) is 18.1. The topological polar surface area (TPSA) is 77.4 Å². The number of allylic oxidation sites excluding steroid dienone is 8. The van der Waals surface area contributed by atoms with Gasteiger partial charge in [-0.15, -0.1) is 12.8 Å². The van der Waals surface area contributed by atoms with E-state index < -0.39 is 0 Å². The van der Waals surface area contributed by atoms with Crippen molar-refractivity contribution in [3.63, 3.8) is 0 Å². The molecule has 0 fully saturated rings. The molecule has 2 aliphatic carbocycles. The molecule has 0 aliphatic heterocycles. The van der Waals surface area contributed by atoms with Crippen molar-refractivity contribution in [3.8, 4) is 34.5 Å². The van der Waals surface area contributed by atoms with Crippen LogP contribution >= 0.6 is 0 Å². The molecular formula is C42H62O6Zr. The van der Waals surface area contributed by atoms with Crippen LogP contribution in [0, 0.1) is 12.2 Å². The normalized spacial score (nSPS) is 12.1. The van der Waals surface area contributed by atoms with Crippen molar-refractivity contribution in [1.82, 2.24) is 0 Å². The molecule has 49 heavy (non-hydrogen) atoms. The Morgan fingerprint density at radius 2 is 0.816 bits per heavy atom. The maximum atomic E-state index is 9.79. The number of hydrogen-bond donors (Lipinski definition) is 2. The van der Waals surface area contributed by atoms with Gasteiger partial charge in [0.1, 0.15) is 0 Å². The molecule has 0 atom stereocenters. The van der Waals surface area contributed by atoms with E-state index in [1.807, 2.05) is 39.8 Å². The number of hydrogen-bond acceptors (Lipinski definition) is 6. The van der Waals surface area contributed by atoms with Crippen molar-refractivity contribution in [2.45, 2.75) is 119 Å². The van der Waals surface area contributed by atoms with Gasteiger partial charge in [-0.2, -0.15) is 12.2 Å². The van der Waals surface area contributed by atoms with Gasteiger partial charge in [-0.25, -0.2) is 23.3 Å². The summed E-state index contributed by atoms with van der Waals surface area (Å²) in [6, 6.07) is 10.6. The van der Waals surface area contributed by atoms with Crippen LogP contribution in [0.15, 0.2) is 71.8 Å². The minimum atomic E-state index is 0. The number of phenolic OH excluding ortho intramolecular Hbond substituents is 2. The summed E-state index contributed by atoms with van der Waals surface area (Å²) in [5.74, 6) is 2.16. The van der Waals surface area contributed by atoms with Crippen LogP contribution in [0.5, 0.6) is 34.5 Å². The molecule has 2 aliphatic rings. The zero-order chi connectivity index (χ0) is 35.2. The van der Waals surface area contributed by atoms with E-state index in [0.29, 0.717) is 49.4 Å². The van der Waals surface area contributed by atoms with Gasteiger partial charge >= 0.3 is 26.2 Å². The zero-order valence-electron chi connectivity index (χ0n) is 31.1. The van der Waals surface area contributed by atoms with Crippen molar-refractivity contribution in [2.75, 3.05) is 26.4 Å². The van der Waals surface area contributed by atoms with Gasteiger partial charge in [0.05, 0.1) is 26.4 Å². The Morgan fingerprint density at radius 1 is 0.510 bits per heavy atom. The zero-order valence-corrected chi connectivity index (χ0v) is 33.6. The fraction of sp³-hybridized carbons (Fsp3) is 0.524. The van der Waals surface area contributed by atoms with Gasteiger partial charge in [-0.1, -0.05) is 92.2 Å². The Bertz CT molecular complexity index is 1090. The smallest absolute Gasteiger partial charge is 0.502 e. The van der Waals surface area contributed by atoms with E-state index in [1.165, 1.54) is 49.7 Å². The van der Waals surface area contributed by atoms with Gasteiger partial charge in [-0.3, -0.25) is 12.2 Å². The van der Waals surface area contributed by atoms with E-state index >= 15 is 0 Å². The van der Waals surface area contributed by atoms with Crippen LogP contribution in [0.1, 0.15) is 119 Å². The van der Waals surface area contributed by atoms with Gasteiger partial charge < -0.3 is 29.2 Å². The Kier molecular flexibility index (Phi) is 29.2. The van der Waals surface area contributed by atoms with Gasteiger partial charge in [0.25, 0.3) is 0 Å². The first-order valence-corrected chi connectivity index (χ1v) is 18.1. The van der Waals surface area contributed by atoms with Gasteiger partial charge in [0, 0.05) is 0 Å². The predicted octanol–water partition coefficient (Wildman–Crippen LogP) is 11.7. The second kappa shape index (κ2) is 31.1. The fourth-order valence-electron chi connectivity index (χ4n) is 4.30. The predicted molar refractivity (Wildman–Crippen MR) is 199 cm³/mol. The summed E-state index contributed by atoms with van der Waals surface area (Å²) >= 11 is 0. The van der Waals surface area contributed by atoms with E-state index in [4.69, 9.17) is 18.9 Å². The van der Waals surface area contributed by atoms with E-state index in [1.54, 1.807) is 24.3 Å². The number of benzene rings is 2. The van der Waals surface area contributed by atoms with Crippen LogP contribution in [0.4, 0.5) is 0 Å². The maximum absolute atomic E-state index is 9.79. The molecule has 0 heterocycles. The molecule has 0 spiro atoms. The number of phenols is 2. The summed E-state index contributed by atoms with van der Waals surface area (Å²) in [6.45, 7) is 14.9. The average Bonchev–Trinajstić information content (AvgIpc) is 3.84. The van der Waals surface area contributed by atoms with Crippen LogP contribution in [0.25, 0.3) is 0 Å². The Balaban J connectivity index is 0.000000640. The number of aromatic hydroxyl groups is 2. The van der Waals surface area contributed by atoms with Crippen LogP contribution < -0.4 is 18.9 Å². The fourth-order valence-corrected chi connectivity index (χ4v) is 4.30. The number of unbranched alkanes of at least 4 members (excludes halogenated alkanes) is 2. The summed E-state index contributed by atoms with van der Waals surface area (Å²) in [5, 5.41) is 19.6. The Morgan fingerprint density at radius 3 is 1.04 bits per heavy atom. The minimum Gasteiger partial charge on any atom is -0.502 e. The minimum absolute atomic E-state index is 0. The molecule has 4 rings (SSSR count). The summed E-state index contributed by atoms with van der Waals surface area (Å²) in [4.78, 5) is 0. The second-order valence-electron chi connectivity index (χ2n) is 11.4. The van der Waals surface area contributed by atoms with E-state index in [9.17, 15) is 10.2 Å². The summed E-state index contributed by atoms with van der Waals surface area (Å²) < 4.78 is 21.5. The monoisotopic (exact) mass is 752 g/mol. The molecule has 2 aromatic rings. The molecule has 270 valence electrons. The molecule has 0 aromatic heterocycles. The summed E-state index contributed by atoms with van der Waals surface area (Å²) in [5.41, 5.74) is 2.83. The molecule has 0 saturated heterocycles. The number of rotatable bonds is 18. The molecular weight excluding hydrogens is 692 g/mol. The van der Waals surface area contributed by atoms with Crippen molar-refractivity contribution in [1.29, 1.82) is 0 Å². The van der Waals surface area contributed by atoms with Gasteiger partial charge in [-0.05, 0) is 49.9 Å². The van der Waals surface area contributed by atoms with Crippen molar-refractivity contribution >= 4 is 0 Å². The van der Waals surface area contributed by atoms with Crippen molar-refractivity contribution in [3.05, 3.63) is 84.0 Å². The summed E-state index contributed by atoms with van der Waals surface area (Å²) in [6.07, 6.45) is 28.7. The molecule has 0 unspecified atom stereocenters. The van der Waals surface area contributed by atoms with Crippen molar-refractivity contribution in [2.24, 2.45) is 0 Å². The Labute approximate surface area is 317 Å².